The number of thioether (sulfide) groups is 1. The van der Waals surface area contributed by atoms with Crippen molar-refractivity contribution in [2.24, 2.45) is 5.73 Å². The van der Waals surface area contributed by atoms with Crippen LogP contribution in [0, 0.1) is 0 Å². The lowest BCUT2D eigenvalue weighted by Gasteiger charge is -2.37. The molecule has 1 fully saturated rings. The van der Waals surface area contributed by atoms with Gasteiger partial charge in [-0.05, 0) is 13.8 Å². The Hall–Kier alpha value is -0.590. The van der Waals surface area contributed by atoms with E-state index in [0.29, 0.717) is 10.9 Å². The topological polar surface area (TPSA) is 59.2 Å². The molecular formula is C12H19N3OS2. The molecule has 2 rings (SSSR count). The van der Waals surface area contributed by atoms with E-state index in [0.717, 1.165) is 17.3 Å². The van der Waals surface area contributed by atoms with Gasteiger partial charge in [0, 0.05) is 29.0 Å². The van der Waals surface area contributed by atoms with Gasteiger partial charge in [-0.2, -0.15) is 11.8 Å². The molecule has 3 unspecified atom stereocenters. The van der Waals surface area contributed by atoms with Gasteiger partial charge < -0.3 is 10.6 Å². The van der Waals surface area contributed by atoms with Gasteiger partial charge >= 0.3 is 0 Å². The Kier molecular flexibility index (Phi) is 4.29. The molecule has 3 atom stereocenters. The van der Waals surface area contributed by atoms with Crippen molar-refractivity contribution < 1.29 is 4.79 Å². The van der Waals surface area contributed by atoms with Gasteiger partial charge in [0.1, 0.15) is 10.7 Å². The second kappa shape index (κ2) is 5.59. The van der Waals surface area contributed by atoms with Crippen molar-refractivity contribution in [3.05, 3.63) is 16.1 Å². The molecule has 4 nitrogen and oxygen atoms in total. The molecular weight excluding hydrogens is 266 g/mol. The van der Waals surface area contributed by atoms with Gasteiger partial charge in [0.15, 0.2) is 0 Å². The number of nitrogens with zero attached hydrogens (tertiary/aromatic N) is 2. The number of carbonyl (C=O) groups excluding carboxylic acids is 1. The number of thiazole rings is 1. The van der Waals surface area contributed by atoms with E-state index in [1.165, 1.54) is 11.3 Å². The van der Waals surface area contributed by atoms with Crippen LogP contribution in [0.3, 0.4) is 0 Å². The maximum atomic E-state index is 12.4. The molecule has 0 bridgehead atoms. The SMILES string of the molecule is CC(N)c1nc(C(=O)N2CCSC(C)C2C)cs1. The molecule has 1 aliphatic rings. The van der Waals surface area contributed by atoms with Crippen molar-refractivity contribution in [1.29, 1.82) is 0 Å². The zero-order chi connectivity index (χ0) is 13.3. The summed E-state index contributed by atoms with van der Waals surface area (Å²) >= 11 is 3.38. The van der Waals surface area contributed by atoms with Crippen molar-refractivity contribution in [1.82, 2.24) is 9.88 Å². The van der Waals surface area contributed by atoms with E-state index in [-0.39, 0.29) is 18.0 Å². The summed E-state index contributed by atoms with van der Waals surface area (Å²) in [6.07, 6.45) is 0. The fourth-order valence-electron chi connectivity index (χ4n) is 1.96. The minimum Gasteiger partial charge on any atom is -0.333 e. The fourth-order valence-corrected chi connectivity index (χ4v) is 3.81. The fraction of sp³-hybridized carbons (Fsp3) is 0.667. The van der Waals surface area contributed by atoms with Crippen molar-refractivity contribution in [2.75, 3.05) is 12.3 Å². The third kappa shape index (κ3) is 2.70. The van der Waals surface area contributed by atoms with E-state index in [4.69, 9.17) is 5.73 Å². The number of aromatic nitrogens is 1. The number of rotatable bonds is 2. The van der Waals surface area contributed by atoms with Gasteiger partial charge in [0.05, 0.1) is 6.04 Å². The molecule has 1 amide bonds. The van der Waals surface area contributed by atoms with Gasteiger partial charge in [0.2, 0.25) is 0 Å². The monoisotopic (exact) mass is 285 g/mol. The van der Waals surface area contributed by atoms with Gasteiger partial charge in [-0.1, -0.05) is 6.92 Å². The van der Waals surface area contributed by atoms with E-state index in [2.05, 4.69) is 18.8 Å². The first-order valence-electron chi connectivity index (χ1n) is 6.14. The van der Waals surface area contributed by atoms with Gasteiger partial charge in [0.25, 0.3) is 5.91 Å². The van der Waals surface area contributed by atoms with Crippen LogP contribution in [0.4, 0.5) is 0 Å². The molecule has 1 aromatic rings. The number of nitrogens with two attached hydrogens (primary N) is 1. The third-order valence-corrected chi connectivity index (χ3v) is 5.66. The highest BCUT2D eigenvalue weighted by Gasteiger charge is 2.30. The van der Waals surface area contributed by atoms with Crippen molar-refractivity contribution in [2.45, 2.75) is 38.1 Å². The molecule has 2 heterocycles. The lowest BCUT2D eigenvalue weighted by atomic mass is 10.2. The first kappa shape index (κ1) is 13.8. The van der Waals surface area contributed by atoms with Crippen molar-refractivity contribution in [3.8, 4) is 0 Å². The predicted molar refractivity (Wildman–Crippen MR) is 77.1 cm³/mol. The molecule has 1 aliphatic heterocycles. The molecule has 1 saturated heterocycles. The van der Waals surface area contributed by atoms with Gasteiger partial charge in [-0.25, -0.2) is 4.98 Å². The molecule has 18 heavy (non-hydrogen) atoms. The molecule has 0 aromatic carbocycles. The average molecular weight is 285 g/mol. The largest absolute Gasteiger partial charge is 0.333 e. The minimum absolute atomic E-state index is 0.0396. The Labute approximate surface area is 116 Å². The van der Waals surface area contributed by atoms with E-state index in [1.54, 1.807) is 0 Å². The van der Waals surface area contributed by atoms with Crippen LogP contribution in [0.5, 0.6) is 0 Å². The Bertz CT molecular complexity index is 433. The Morgan fingerprint density at radius 2 is 2.33 bits per heavy atom. The zero-order valence-electron chi connectivity index (χ0n) is 10.9. The molecule has 100 valence electrons. The minimum atomic E-state index is -0.107. The van der Waals surface area contributed by atoms with Crippen LogP contribution in [0.25, 0.3) is 0 Å². The van der Waals surface area contributed by atoms with E-state index in [1.807, 2.05) is 29.0 Å². The van der Waals surface area contributed by atoms with Crippen LogP contribution in [0.2, 0.25) is 0 Å². The van der Waals surface area contributed by atoms with E-state index < -0.39 is 0 Å². The molecule has 2 N–H and O–H groups in total. The second-order valence-corrected chi connectivity index (χ2v) is 7.05. The van der Waals surface area contributed by atoms with E-state index >= 15 is 0 Å². The van der Waals surface area contributed by atoms with Crippen LogP contribution < -0.4 is 5.73 Å². The third-order valence-electron chi connectivity index (χ3n) is 3.28. The normalized spacial score (nSPS) is 26.1. The number of hydrogen-bond donors (Lipinski definition) is 1. The van der Waals surface area contributed by atoms with E-state index in [9.17, 15) is 4.79 Å². The molecule has 0 saturated carbocycles. The highest BCUT2D eigenvalue weighted by Crippen LogP contribution is 2.26. The molecule has 0 spiro atoms. The molecule has 6 heteroatoms. The van der Waals surface area contributed by atoms with Crippen LogP contribution in [-0.4, -0.2) is 39.4 Å². The predicted octanol–water partition coefficient (Wildman–Crippen LogP) is 2.13. The van der Waals surface area contributed by atoms with Crippen LogP contribution in [-0.2, 0) is 0 Å². The summed E-state index contributed by atoms with van der Waals surface area (Å²) < 4.78 is 0. The maximum Gasteiger partial charge on any atom is 0.273 e. The molecule has 1 aromatic heterocycles. The number of amides is 1. The summed E-state index contributed by atoms with van der Waals surface area (Å²) in [5.41, 5.74) is 6.31. The summed E-state index contributed by atoms with van der Waals surface area (Å²) in [5.74, 6) is 1.04. The number of hydrogen-bond acceptors (Lipinski definition) is 5. The number of carbonyl (C=O) groups is 1. The lowest BCUT2D eigenvalue weighted by molar-refractivity contribution is 0.0692. The summed E-state index contributed by atoms with van der Waals surface area (Å²) in [6, 6.07) is 0.154. The Balaban J connectivity index is 2.14. The molecule has 0 aliphatic carbocycles. The molecule has 0 radical (unpaired) electrons. The average Bonchev–Trinajstić information content (AvgIpc) is 2.81. The van der Waals surface area contributed by atoms with Crippen molar-refractivity contribution >= 4 is 29.0 Å². The Morgan fingerprint density at radius 1 is 1.61 bits per heavy atom. The quantitative estimate of drug-likeness (QED) is 0.904. The summed E-state index contributed by atoms with van der Waals surface area (Å²) in [6.45, 7) is 6.96. The van der Waals surface area contributed by atoms with Crippen molar-refractivity contribution in [3.63, 3.8) is 0 Å². The first-order chi connectivity index (χ1) is 8.50. The smallest absolute Gasteiger partial charge is 0.273 e. The zero-order valence-corrected chi connectivity index (χ0v) is 12.6. The van der Waals surface area contributed by atoms with Crippen LogP contribution in [0.1, 0.15) is 42.3 Å². The van der Waals surface area contributed by atoms with Gasteiger partial charge in [-0.15, -0.1) is 11.3 Å². The second-order valence-electron chi connectivity index (χ2n) is 4.67. The maximum absolute atomic E-state index is 12.4. The van der Waals surface area contributed by atoms with Gasteiger partial charge in [-0.3, -0.25) is 4.79 Å². The van der Waals surface area contributed by atoms with Crippen LogP contribution >= 0.6 is 23.1 Å². The lowest BCUT2D eigenvalue weighted by Crippen LogP contribution is -2.48. The first-order valence-corrected chi connectivity index (χ1v) is 8.07. The summed E-state index contributed by atoms with van der Waals surface area (Å²) in [4.78, 5) is 18.7. The highest BCUT2D eigenvalue weighted by molar-refractivity contribution is 8.00. The Morgan fingerprint density at radius 3 is 2.94 bits per heavy atom. The highest BCUT2D eigenvalue weighted by atomic mass is 32.2. The van der Waals surface area contributed by atoms with Crippen LogP contribution in [0.15, 0.2) is 5.38 Å². The standard InChI is InChI=1S/C12H19N3OS2/c1-7(13)11-14-10(6-18-11)12(16)15-4-5-17-9(3)8(15)2/h6-9H,4-5,13H2,1-3H3. The summed E-state index contributed by atoms with van der Waals surface area (Å²) in [7, 11) is 0. The summed E-state index contributed by atoms with van der Waals surface area (Å²) in [5, 5.41) is 3.12.